The Labute approximate surface area is 114 Å². The van der Waals surface area contributed by atoms with E-state index in [4.69, 9.17) is 10.5 Å². The second kappa shape index (κ2) is 5.61. The van der Waals surface area contributed by atoms with Crippen LogP contribution in [0, 0.1) is 6.92 Å². The Morgan fingerprint density at radius 1 is 1.42 bits per heavy atom. The first-order valence-corrected chi connectivity index (χ1v) is 6.80. The summed E-state index contributed by atoms with van der Waals surface area (Å²) in [6, 6.07) is 6.12. The fraction of sp³-hybridized carbons (Fsp3) is 0.533. The Morgan fingerprint density at radius 2 is 2.11 bits per heavy atom. The van der Waals surface area contributed by atoms with E-state index in [1.165, 1.54) is 0 Å². The average Bonchev–Trinajstić information content (AvgIpc) is 3.12. The number of hydrogen-bond acceptors (Lipinski definition) is 3. The van der Waals surface area contributed by atoms with Gasteiger partial charge in [-0.25, -0.2) is 0 Å². The normalized spacial score (nSPS) is 17.7. The minimum absolute atomic E-state index is 0.0559. The molecule has 4 heteroatoms. The summed E-state index contributed by atoms with van der Waals surface area (Å²) in [5.41, 5.74) is 7.95. The SMILES string of the molecule is Cc1ccc([C@H](C)N)c(OC(C)C(=O)NC2CC2)c1. The van der Waals surface area contributed by atoms with E-state index in [2.05, 4.69) is 5.32 Å². The maximum absolute atomic E-state index is 11.9. The highest BCUT2D eigenvalue weighted by molar-refractivity contribution is 5.81. The monoisotopic (exact) mass is 262 g/mol. The van der Waals surface area contributed by atoms with Gasteiger partial charge < -0.3 is 15.8 Å². The van der Waals surface area contributed by atoms with Crippen LogP contribution < -0.4 is 15.8 Å². The molecule has 0 radical (unpaired) electrons. The molecule has 4 nitrogen and oxygen atoms in total. The third-order valence-electron chi connectivity index (χ3n) is 3.26. The standard InChI is InChI=1S/C15H22N2O2/c1-9-4-7-13(10(2)16)14(8-9)19-11(3)15(18)17-12-5-6-12/h4,7-8,10-12H,5-6,16H2,1-3H3,(H,17,18)/t10-,11?/m0/s1. The van der Waals surface area contributed by atoms with Crippen LogP contribution in [0.2, 0.25) is 0 Å². The fourth-order valence-corrected chi connectivity index (χ4v) is 1.91. The van der Waals surface area contributed by atoms with Crippen molar-refractivity contribution >= 4 is 5.91 Å². The van der Waals surface area contributed by atoms with Gasteiger partial charge in [0.25, 0.3) is 5.91 Å². The summed E-state index contributed by atoms with van der Waals surface area (Å²) in [4.78, 5) is 11.9. The quantitative estimate of drug-likeness (QED) is 0.853. The Bertz CT molecular complexity index is 467. The number of hydrogen-bond donors (Lipinski definition) is 2. The van der Waals surface area contributed by atoms with E-state index in [1.807, 2.05) is 32.0 Å². The van der Waals surface area contributed by atoms with Crippen molar-refractivity contribution in [2.75, 3.05) is 0 Å². The van der Waals surface area contributed by atoms with Crippen molar-refractivity contribution in [2.45, 2.75) is 51.8 Å². The number of ether oxygens (including phenoxy) is 1. The number of benzene rings is 1. The fourth-order valence-electron chi connectivity index (χ4n) is 1.91. The molecule has 3 N–H and O–H groups in total. The number of carbonyl (C=O) groups is 1. The number of aryl methyl sites for hydroxylation is 1. The summed E-state index contributed by atoms with van der Waals surface area (Å²) < 4.78 is 5.79. The molecule has 1 aliphatic rings. The molecule has 19 heavy (non-hydrogen) atoms. The van der Waals surface area contributed by atoms with Crippen molar-refractivity contribution in [3.8, 4) is 5.75 Å². The van der Waals surface area contributed by atoms with E-state index in [0.29, 0.717) is 11.8 Å². The first-order chi connectivity index (χ1) is 8.97. The second-order valence-corrected chi connectivity index (χ2v) is 5.37. The lowest BCUT2D eigenvalue weighted by Crippen LogP contribution is -2.37. The molecule has 1 amide bonds. The van der Waals surface area contributed by atoms with Crippen LogP contribution in [0.4, 0.5) is 0 Å². The molecule has 0 aliphatic heterocycles. The maximum Gasteiger partial charge on any atom is 0.260 e. The van der Waals surface area contributed by atoms with Crippen molar-refractivity contribution in [2.24, 2.45) is 5.73 Å². The van der Waals surface area contributed by atoms with Crippen LogP contribution in [0.1, 0.15) is 43.9 Å². The van der Waals surface area contributed by atoms with Gasteiger partial charge in [0.1, 0.15) is 5.75 Å². The smallest absolute Gasteiger partial charge is 0.260 e. The van der Waals surface area contributed by atoms with Crippen molar-refractivity contribution < 1.29 is 9.53 Å². The molecule has 1 aliphatic carbocycles. The van der Waals surface area contributed by atoms with Crippen molar-refractivity contribution in [3.63, 3.8) is 0 Å². The summed E-state index contributed by atoms with van der Waals surface area (Å²) in [5.74, 6) is 0.646. The molecule has 0 saturated heterocycles. The van der Waals surface area contributed by atoms with E-state index in [1.54, 1.807) is 6.92 Å². The van der Waals surface area contributed by atoms with Gasteiger partial charge in [0.2, 0.25) is 0 Å². The van der Waals surface area contributed by atoms with Gasteiger partial charge in [-0.15, -0.1) is 0 Å². The highest BCUT2D eigenvalue weighted by Crippen LogP contribution is 2.26. The van der Waals surface area contributed by atoms with Crippen molar-refractivity contribution in [1.82, 2.24) is 5.32 Å². The van der Waals surface area contributed by atoms with Gasteiger partial charge in [0, 0.05) is 17.6 Å². The van der Waals surface area contributed by atoms with E-state index in [9.17, 15) is 4.79 Å². The molecule has 1 fully saturated rings. The number of nitrogens with two attached hydrogens (primary N) is 1. The first-order valence-electron chi connectivity index (χ1n) is 6.80. The van der Waals surface area contributed by atoms with E-state index in [-0.39, 0.29) is 11.9 Å². The predicted octanol–water partition coefficient (Wildman–Crippen LogP) is 2.06. The molecule has 1 unspecified atom stereocenters. The van der Waals surface area contributed by atoms with Crippen LogP contribution in [-0.4, -0.2) is 18.1 Å². The highest BCUT2D eigenvalue weighted by atomic mass is 16.5. The maximum atomic E-state index is 11.9. The minimum atomic E-state index is -0.500. The summed E-state index contributed by atoms with van der Waals surface area (Å²) in [7, 11) is 0. The first kappa shape index (κ1) is 13.9. The molecule has 1 aromatic rings. The summed E-state index contributed by atoms with van der Waals surface area (Å²) in [6.07, 6.45) is 1.65. The number of rotatable bonds is 5. The zero-order valence-corrected chi connectivity index (χ0v) is 11.8. The Balaban J connectivity index is 2.07. The van der Waals surface area contributed by atoms with Gasteiger partial charge in [-0.1, -0.05) is 12.1 Å². The zero-order valence-electron chi connectivity index (χ0n) is 11.8. The molecule has 0 bridgehead atoms. The lowest BCUT2D eigenvalue weighted by molar-refractivity contribution is -0.127. The van der Waals surface area contributed by atoms with Crippen LogP contribution in [-0.2, 0) is 4.79 Å². The number of nitrogens with one attached hydrogen (secondary N) is 1. The molecule has 1 aromatic carbocycles. The van der Waals surface area contributed by atoms with Gasteiger partial charge >= 0.3 is 0 Å². The molecule has 0 aromatic heterocycles. The Morgan fingerprint density at radius 3 is 2.68 bits per heavy atom. The number of amides is 1. The van der Waals surface area contributed by atoms with Crippen LogP contribution in [0.3, 0.4) is 0 Å². The third-order valence-corrected chi connectivity index (χ3v) is 3.26. The second-order valence-electron chi connectivity index (χ2n) is 5.37. The predicted molar refractivity (Wildman–Crippen MR) is 75.0 cm³/mol. The van der Waals surface area contributed by atoms with Gasteiger partial charge in [-0.05, 0) is 45.2 Å². The molecule has 0 heterocycles. The lowest BCUT2D eigenvalue weighted by Gasteiger charge is -2.19. The highest BCUT2D eigenvalue weighted by Gasteiger charge is 2.26. The van der Waals surface area contributed by atoms with Gasteiger partial charge in [0.15, 0.2) is 6.10 Å². The zero-order chi connectivity index (χ0) is 14.0. The largest absolute Gasteiger partial charge is 0.481 e. The van der Waals surface area contributed by atoms with Crippen LogP contribution in [0.5, 0.6) is 5.75 Å². The van der Waals surface area contributed by atoms with Crippen molar-refractivity contribution in [3.05, 3.63) is 29.3 Å². The summed E-state index contributed by atoms with van der Waals surface area (Å²) >= 11 is 0. The number of carbonyl (C=O) groups excluding carboxylic acids is 1. The van der Waals surface area contributed by atoms with E-state index >= 15 is 0 Å². The van der Waals surface area contributed by atoms with Crippen LogP contribution in [0.25, 0.3) is 0 Å². The summed E-state index contributed by atoms with van der Waals surface area (Å²) in [5, 5.41) is 2.94. The third kappa shape index (κ3) is 3.70. The van der Waals surface area contributed by atoms with Crippen molar-refractivity contribution in [1.29, 1.82) is 0 Å². The summed E-state index contributed by atoms with van der Waals surface area (Å²) in [6.45, 7) is 5.67. The van der Waals surface area contributed by atoms with E-state index in [0.717, 1.165) is 24.0 Å². The average molecular weight is 262 g/mol. The van der Waals surface area contributed by atoms with E-state index < -0.39 is 6.10 Å². The molecule has 104 valence electrons. The Kier molecular flexibility index (Phi) is 4.10. The lowest BCUT2D eigenvalue weighted by atomic mass is 10.1. The van der Waals surface area contributed by atoms with Gasteiger partial charge in [0.05, 0.1) is 0 Å². The molecule has 1 saturated carbocycles. The topological polar surface area (TPSA) is 64.3 Å². The van der Waals surface area contributed by atoms with Gasteiger partial charge in [-0.3, -0.25) is 4.79 Å². The molecular formula is C15H22N2O2. The van der Waals surface area contributed by atoms with Crippen LogP contribution in [0.15, 0.2) is 18.2 Å². The molecule has 2 rings (SSSR count). The Hall–Kier alpha value is -1.55. The molecule has 2 atom stereocenters. The molecule has 0 spiro atoms. The molecular weight excluding hydrogens is 240 g/mol. The van der Waals surface area contributed by atoms with Gasteiger partial charge in [-0.2, -0.15) is 0 Å². The minimum Gasteiger partial charge on any atom is -0.481 e. The van der Waals surface area contributed by atoms with Crippen LogP contribution >= 0.6 is 0 Å².